The standard InChI is InChI=1S/C22H26FN5O4S2/c1-12-18-21(25-11-26-22(18)33-19(12)20(24)29)27-14-9-8-13(23)10-17(14)32-16-7-5-4-6-15(16)28(2)34(3,30)31/h8-11,15-16H,4-7H2,1-3H3,(H2,24,29)(H,25,26,27)/t15-,16-/m1/s1. The zero-order valence-electron chi connectivity index (χ0n) is 19.0. The molecule has 9 nitrogen and oxygen atoms in total. The summed E-state index contributed by atoms with van der Waals surface area (Å²) in [5.74, 6) is -0.361. The van der Waals surface area contributed by atoms with Crippen LogP contribution >= 0.6 is 11.3 Å². The molecular formula is C22H26FN5O4S2. The number of thiophene rings is 1. The number of sulfonamides is 1. The number of hydrogen-bond donors (Lipinski definition) is 2. The number of fused-ring (bicyclic) bond motifs is 1. The third kappa shape index (κ3) is 4.84. The highest BCUT2D eigenvalue weighted by Gasteiger charge is 2.34. The molecule has 0 saturated heterocycles. The summed E-state index contributed by atoms with van der Waals surface area (Å²) in [7, 11) is -1.88. The topological polar surface area (TPSA) is 128 Å². The smallest absolute Gasteiger partial charge is 0.259 e. The summed E-state index contributed by atoms with van der Waals surface area (Å²) in [6.45, 7) is 1.77. The second kappa shape index (κ2) is 9.43. The van der Waals surface area contributed by atoms with Gasteiger partial charge in [-0.25, -0.2) is 22.8 Å². The number of rotatable bonds is 7. The quantitative estimate of drug-likeness (QED) is 0.500. The summed E-state index contributed by atoms with van der Waals surface area (Å²) in [5.41, 5.74) is 6.60. The minimum Gasteiger partial charge on any atom is -0.486 e. The molecule has 2 atom stereocenters. The molecule has 0 unspecified atom stereocenters. The minimum absolute atomic E-state index is 0.244. The van der Waals surface area contributed by atoms with E-state index in [9.17, 15) is 17.6 Å². The Hall–Kier alpha value is -2.83. The molecule has 1 aliphatic carbocycles. The molecule has 1 aromatic carbocycles. The number of carbonyl (C=O) groups is 1. The molecule has 0 spiro atoms. The van der Waals surface area contributed by atoms with Crippen molar-refractivity contribution < 1.29 is 22.3 Å². The zero-order chi connectivity index (χ0) is 24.6. The van der Waals surface area contributed by atoms with E-state index in [1.165, 1.54) is 40.2 Å². The number of likely N-dealkylation sites (N-methyl/N-ethyl adjacent to an activating group) is 1. The van der Waals surface area contributed by atoms with E-state index in [4.69, 9.17) is 10.5 Å². The van der Waals surface area contributed by atoms with Crippen LogP contribution in [0.5, 0.6) is 5.75 Å². The summed E-state index contributed by atoms with van der Waals surface area (Å²) in [6.07, 6.45) is 5.16. The minimum atomic E-state index is -3.42. The number of ether oxygens (including phenoxy) is 1. The van der Waals surface area contributed by atoms with Gasteiger partial charge in [-0.2, -0.15) is 4.31 Å². The molecule has 34 heavy (non-hydrogen) atoms. The average molecular weight is 508 g/mol. The van der Waals surface area contributed by atoms with Crippen molar-refractivity contribution in [2.75, 3.05) is 18.6 Å². The molecule has 3 N–H and O–H groups in total. The van der Waals surface area contributed by atoms with Crippen LogP contribution in [-0.2, 0) is 10.0 Å². The number of nitrogens with zero attached hydrogens (tertiary/aromatic N) is 3. The lowest BCUT2D eigenvalue weighted by Crippen LogP contribution is -2.48. The van der Waals surface area contributed by atoms with Gasteiger partial charge in [-0.15, -0.1) is 11.3 Å². The number of aryl methyl sites for hydroxylation is 1. The molecule has 1 saturated carbocycles. The zero-order valence-corrected chi connectivity index (χ0v) is 20.7. The summed E-state index contributed by atoms with van der Waals surface area (Å²) in [6, 6.07) is 3.74. The molecular weight excluding hydrogens is 481 g/mol. The van der Waals surface area contributed by atoms with Gasteiger partial charge in [0.05, 0.1) is 28.2 Å². The van der Waals surface area contributed by atoms with Gasteiger partial charge in [0.1, 0.15) is 34.6 Å². The number of amides is 1. The monoisotopic (exact) mass is 507 g/mol. The van der Waals surface area contributed by atoms with Crippen molar-refractivity contribution in [3.8, 4) is 5.75 Å². The van der Waals surface area contributed by atoms with Crippen molar-refractivity contribution in [2.24, 2.45) is 5.73 Å². The summed E-state index contributed by atoms with van der Waals surface area (Å²) in [5, 5.41) is 3.82. The molecule has 182 valence electrons. The van der Waals surface area contributed by atoms with E-state index in [0.29, 0.717) is 45.0 Å². The largest absolute Gasteiger partial charge is 0.486 e. The van der Waals surface area contributed by atoms with Crippen molar-refractivity contribution in [2.45, 2.75) is 44.8 Å². The molecule has 0 radical (unpaired) electrons. The summed E-state index contributed by atoms with van der Waals surface area (Å²) >= 11 is 1.18. The van der Waals surface area contributed by atoms with Crippen LogP contribution in [-0.4, -0.2) is 54.0 Å². The number of nitrogens with one attached hydrogen (secondary N) is 1. The highest BCUT2D eigenvalue weighted by molar-refractivity contribution is 7.88. The first kappa shape index (κ1) is 24.3. The van der Waals surface area contributed by atoms with Gasteiger partial charge in [0.25, 0.3) is 5.91 Å². The Labute approximate surface area is 201 Å². The lowest BCUT2D eigenvalue weighted by atomic mass is 9.92. The maximum atomic E-state index is 14.2. The number of carbonyl (C=O) groups excluding carboxylic acids is 1. The van der Waals surface area contributed by atoms with Crippen molar-refractivity contribution in [1.82, 2.24) is 14.3 Å². The molecule has 1 fully saturated rings. The number of anilines is 2. The number of nitrogens with two attached hydrogens (primary N) is 1. The lowest BCUT2D eigenvalue weighted by Gasteiger charge is -2.37. The van der Waals surface area contributed by atoms with E-state index in [0.717, 1.165) is 19.1 Å². The fourth-order valence-corrected chi connectivity index (χ4v) is 6.00. The number of primary amides is 1. The highest BCUT2D eigenvalue weighted by atomic mass is 32.2. The SMILES string of the molecule is Cc1c(C(N)=O)sc2ncnc(Nc3ccc(F)cc3O[C@@H]3CCCC[C@H]3N(C)S(C)(=O)=O)c12. The highest BCUT2D eigenvalue weighted by Crippen LogP contribution is 2.37. The van der Waals surface area contributed by atoms with Gasteiger partial charge in [-0.3, -0.25) is 4.79 Å². The molecule has 2 aromatic heterocycles. The molecule has 3 aromatic rings. The van der Waals surface area contributed by atoms with Gasteiger partial charge in [-0.1, -0.05) is 6.42 Å². The van der Waals surface area contributed by atoms with E-state index >= 15 is 0 Å². The first-order valence-corrected chi connectivity index (χ1v) is 13.4. The molecule has 2 heterocycles. The van der Waals surface area contributed by atoms with Crippen molar-refractivity contribution in [3.63, 3.8) is 0 Å². The lowest BCUT2D eigenvalue weighted by molar-refractivity contribution is 0.0850. The van der Waals surface area contributed by atoms with Crippen LogP contribution in [0.1, 0.15) is 40.9 Å². The average Bonchev–Trinajstić information content (AvgIpc) is 3.12. The molecule has 4 rings (SSSR count). The van der Waals surface area contributed by atoms with Crippen molar-refractivity contribution in [3.05, 3.63) is 40.8 Å². The summed E-state index contributed by atoms with van der Waals surface area (Å²) < 4.78 is 46.1. The fraction of sp³-hybridized carbons (Fsp3) is 0.409. The second-order valence-corrected chi connectivity index (χ2v) is 11.4. The number of aromatic nitrogens is 2. The van der Waals surface area contributed by atoms with E-state index in [-0.39, 0.29) is 11.8 Å². The van der Waals surface area contributed by atoms with Crippen LogP contribution < -0.4 is 15.8 Å². The third-order valence-corrected chi connectivity index (χ3v) is 8.61. The van der Waals surface area contributed by atoms with Crippen LogP contribution in [0, 0.1) is 12.7 Å². The third-order valence-electron chi connectivity index (χ3n) is 6.08. The van der Waals surface area contributed by atoms with Gasteiger partial charge in [-0.05, 0) is 43.9 Å². The predicted molar refractivity (Wildman–Crippen MR) is 130 cm³/mol. The van der Waals surface area contributed by atoms with E-state index in [1.807, 2.05) is 0 Å². The number of hydrogen-bond acceptors (Lipinski definition) is 8. The van der Waals surface area contributed by atoms with E-state index in [1.54, 1.807) is 14.0 Å². The Kier molecular flexibility index (Phi) is 6.74. The maximum absolute atomic E-state index is 14.2. The van der Waals surface area contributed by atoms with Crippen molar-refractivity contribution >= 4 is 49.0 Å². The Morgan fingerprint density at radius 2 is 2.03 bits per heavy atom. The summed E-state index contributed by atoms with van der Waals surface area (Å²) in [4.78, 5) is 21.3. The van der Waals surface area contributed by atoms with Crippen LogP contribution in [0.3, 0.4) is 0 Å². The first-order valence-electron chi connectivity index (χ1n) is 10.8. The second-order valence-electron chi connectivity index (χ2n) is 8.38. The normalized spacial score (nSPS) is 18.9. The maximum Gasteiger partial charge on any atom is 0.259 e. The van der Waals surface area contributed by atoms with Gasteiger partial charge in [0, 0.05) is 13.1 Å². The van der Waals surface area contributed by atoms with Gasteiger partial charge >= 0.3 is 0 Å². The number of halogens is 1. The van der Waals surface area contributed by atoms with Crippen LogP contribution in [0.2, 0.25) is 0 Å². The first-order chi connectivity index (χ1) is 16.1. The Morgan fingerprint density at radius 1 is 1.29 bits per heavy atom. The Bertz CT molecular complexity index is 1340. The molecule has 1 amide bonds. The molecule has 0 aliphatic heterocycles. The molecule has 1 aliphatic rings. The van der Waals surface area contributed by atoms with Crippen molar-refractivity contribution in [1.29, 1.82) is 0 Å². The fourth-order valence-electron chi connectivity index (χ4n) is 4.27. The van der Waals surface area contributed by atoms with Gasteiger partial charge in [0.15, 0.2) is 0 Å². The van der Waals surface area contributed by atoms with Gasteiger partial charge in [0.2, 0.25) is 10.0 Å². The molecule has 0 bridgehead atoms. The Morgan fingerprint density at radius 3 is 2.74 bits per heavy atom. The molecule has 12 heteroatoms. The van der Waals surface area contributed by atoms with E-state index < -0.39 is 27.9 Å². The van der Waals surface area contributed by atoms with Crippen LogP contribution in [0.25, 0.3) is 10.2 Å². The predicted octanol–water partition coefficient (Wildman–Crippen LogP) is 3.56. The van der Waals surface area contributed by atoms with Crippen LogP contribution in [0.4, 0.5) is 15.9 Å². The Balaban J connectivity index is 1.69. The van der Waals surface area contributed by atoms with Crippen LogP contribution in [0.15, 0.2) is 24.5 Å². The van der Waals surface area contributed by atoms with Gasteiger partial charge < -0.3 is 15.8 Å². The van der Waals surface area contributed by atoms with E-state index in [2.05, 4.69) is 15.3 Å². The number of benzene rings is 1.